The molecule has 0 amide bonds. The first-order valence-corrected chi connectivity index (χ1v) is 7.41. The molecule has 1 aromatic rings. The SMILES string of the molecule is Cc1cc(S(=O)(=O)N(C)CC(C)O)cc([N+](=O)[O-])c1C. The summed E-state index contributed by atoms with van der Waals surface area (Å²) in [6.45, 7) is 4.58. The van der Waals surface area contributed by atoms with Crippen LogP contribution >= 0.6 is 0 Å². The number of hydrogen-bond acceptors (Lipinski definition) is 5. The summed E-state index contributed by atoms with van der Waals surface area (Å²) in [5.41, 5.74) is 0.740. The molecule has 1 aromatic carbocycles. The molecule has 7 nitrogen and oxygen atoms in total. The number of aliphatic hydroxyl groups excluding tert-OH is 1. The van der Waals surface area contributed by atoms with E-state index >= 15 is 0 Å². The predicted molar refractivity (Wildman–Crippen MR) is 74.1 cm³/mol. The number of rotatable bonds is 5. The Morgan fingerprint density at radius 2 is 1.95 bits per heavy atom. The first-order valence-electron chi connectivity index (χ1n) is 5.97. The van der Waals surface area contributed by atoms with E-state index in [4.69, 9.17) is 0 Å². The maximum Gasteiger partial charge on any atom is 0.273 e. The summed E-state index contributed by atoms with van der Waals surface area (Å²) in [4.78, 5) is 10.2. The molecule has 0 fully saturated rings. The van der Waals surface area contributed by atoms with Crippen LogP contribution in [0.2, 0.25) is 0 Å². The Kier molecular flexibility index (Phi) is 4.85. The Balaban J connectivity index is 3.36. The van der Waals surface area contributed by atoms with E-state index < -0.39 is 21.1 Å². The molecular weight excluding hydrogens is 284 g/mol. The number of sulfonamides is 1. The minimum atomic E-state index is -3.86. The summed E-state index contributed by atoms with van der Waals surface area (Å²) in [6.07, 6.45) is -0.823. The molecule has 0 aliphatic carbocycles. The van der Waals surface area contributed by atoms with Gasteiger partial charge in [0.15, 0.2) is 0 Å². The quantitative estimate of drug-likeness (QED) is 0.651. The summed E-state index contributed by atoms with van der Waals surface area (Å²) in [5, 5.41) is 20.2. The Hall–Kier alpha value is -1.51. The van der Waals surface area contributed by atoms with Crippen molar-refractivity contribution in [3.05, 3.63) is 33.4 Å². The highest BCUT2D eigenvalue weighted by Crippen LogP contribution is 2.27. The normalized spacial score (nSPS) is 13.5. The number of nitro benzene ring substituents is 1. The predicted octanol–water partition coefficient (Wildman–Crippen LogP) is 1.21. The summed E-state index contributed by atoms with van der Waals surface area (Å²) in [6, 6.07) is 2.45. The number of aryl methyl sites for hydroxylation is 1. The van der Waals surface area contributed by atoms with Gasteiger partial charge in [-0.05, 0) is 32.4 Å². The first kappa shape index (κ1) is 16.5. The molecular formula is C12H18N2O5S. The van der Waals surface area contributed by atoms with Crippen molar-refractivity contribution in [2.45, 2.75) is 31.8 Å². The molecule has 112 valence electrons. The van der Waals surface area contributed by atoms with Crippen LogP contribution in [0.15, 0.2) is 17.0 Å². The van der Waals surface area contributed by atoms with E-state index in [1.807, 2.05) is 0 Å². The van der Waals surface area contributed by atoms with Gasteiger partial charge in [0.1, 0.15) is 0 Å². The van der Waals surface area contributed by atoms with Gasteiger partial charge in [-0.1, -0.05) is 0 Å². The zero-order chi connectivity index (χ0) is 15.7. The number of nitrogens with zero attached hydrogens (tertiary/aromatic N) is 2. The van der Waals surface area contributed by atoms with Crippen molar-refractivity contribution < 1.29 is 18.4 Å². The van der Waals surface area contributed by atoms with E-state index in [1.165, 1.54) is 20.0 Å². The van der Waals surface area contributed by atoms with E-state index in [0.29, 0.717) is 11.1 Å². The molecule has 0 saturated carbocycles. The lowest BCUT2D eigenvalue weighted by Crippen LogP contribution is -2.33. The standard InChI is InChI=1S/C12H18N2O5S/c1-8-5-11(6-12(10(8)3)14(16)17)20(18,19)13(4)7-9(2)15/h5-6,9,15H,7H2,1-4H3. The number of likely N-dealkylation sites (N-methyl/N-ethyl adjacent to an activating group) is 1. The smallest absolute Gasteiger partial charge is 0.273 e. The van der Waals surface area contributed by atoms with Crippen molar-refractivity contribution in [2.75, 3.05) is 13.6 Å². The Morgan fingerprint density at radius 1 is 1.40 bits per heavy atom. The van der Waals surface area contributed by atoms with Crippen molar-refractivity contribution in [1.82, 2.24) is 4.31 Å². The zero-order valence-corrected chi connectivity index (χ0v) is 12.6. The lowest BCUT2D eigenvalue weighted by molar-refractivity contribution is -0.385. The lowest BCUT2D eigenvalue weighted by atomic mass is 10.1. The van der Waals surface area contributed by atoms with Gasteiger partial charge in [0.2, 0.25) is 10.0 Å². The number of aliphatic hydroxyl groups is 1. The fraction of sp³-hybridized carbons (Fsp3) is 0.500. The van der Waals surface area contributed by atoms with E-state index in [0.717, 1.165) is 10.4 Å². The summed E-state index contributed by atoms with van der Waals surface area (Å²) in [5.74, 6) is 0. The summed E-state index contributed by atoms with van der Waals surface area (Å²) in [7, 11) is -2.54. The molecule has 0 aromatic heterocycles. The highest BCUT2D eigenvalue weighted by atomic mass is 32.2. The molecule has 1 atom stereocenters. The van der Waals surface area contributed by atoms with E-state index in [-0.39, 0.29) is 17.1 Å². The van der Waals surface area contributed by atoms with E-state index in [9.17, 15) is 23.6 Å². The lowest BCUT2D eigenvalue weighted by Gasteiger charge is -2.19. The minimum Gasteiger partial charge on any atom is -0.392 e. The molecule has 0 bridgehead atoms. The fourth-order valence-electron chi connectivity index (χ4n) is 1.80. The zero-order valence-electron chi connectivity index (χ0n) is 11.8. The maximum absolute atomic E-state index is 12.3. The molecule has 0 spiro atoms. The van der Waals surface area contributed by atoms with Gasteiger partial charge in [0.25, 0.3) is 5.69 Å². The van der Waals surface area contributed by atoms with E-state index in [1.54, 1.807) is 13.8 Å². The molecule has 0 heterocycles. The largest absolute Gasteiger partial charge is 0.392 e. The second-order valence-corrected chi connectivity index (χ2v) is 6.82. The molecule has 0 aliphatic heterocycles. The van der Waals surface area contributed by atoms with Crippen LogP contribution in [0.3, 0.4) is 0 Å². The minimum absolute atomic E-state index is 0.0803. The fourth-order valence-corrected chi connectivity index (χ4v) is 3.16. The molecule has 20 heavy (non-hydrogen) atoms. The van der Waals surface area contributed by atoms with Crippen LogP contribution in [0.5, 0.6) is 0 Å². The van der Waals surface area contributed by atoms with Gasteiger partial charge in [-0.3, -0.25) is 10.1 Å². The average molecular weight is 302 g/mol. The molecule has 0 aliphatic rings. The Bertz CT molecular complexity index is 625. The van der Waals surface area contributed by atoms with Crippen molar-refractivity contribution in [2.24, 2.45) is 0 Å². The summed E-state index contributed by atoms with van der Waals surface area (Å²) < 4.78 is 25.6. The monoisotopic (exact) mass is 302 g/mol. The van der Waals surface area contributed by atoms with Gasteiger partial charge in [-0.25, -0.2) is 8.42 Å². The molecule has 0 radical (unpaired) electrons. The maximum atomic E-state index is 12.3. The van der Waals surface area contributed by atoms with Crippen molar-refractivity contribution in [3.63, 3.8) is 0 Å². The average Bonchev–Trinajstić information content (AvgIpc) is 2.30. The molecule has 0 saturated heterocycles. The Morgan fingerprint density at radius 3 is 2.40 bits per heavy atom. The molecule has 1 N–H and O–H groups in total. The second kappa shape index (κ2) is 5.86. The van der Waals surface area contributed by atoms with Gasteiger partial charge >= 0.3 is 0 Å². The molecule has 8 heteroatoms. The third-order valence-corrected chi connectivity index (χ3v) is 4.84. The number of benzene rings is 1. The highest BCUT2D eigenvalue weighted by Gasteiger charge is 2.26. The second-order valence-electron chi connectivity index (χ2n) is 4.78. The Labute approximate surface area is 118 Å². The number of hydrogen-bond donors (Lipinski definition) is 1. The molecule has 1 unspecified atom stereocenters. The van der Waals surface area contributed by atoms with Gasteiger partial charge < -0.3 is 5.11 Å². The van der Waals surface area contributed by atoms with Crippen molar-refractivity contribution in [1.29, 1.82) is 0 Å². The van der Waals surface area contributed by atoms with Crippen LogP contribution in [0.4, 0.5) is 5.69 Å². The van der Waals surface area contributed by atoms with Gasteiger partial charge in [-0.15, -0.1) is 0 Å². The first-order chi connectivity index (χ1) is 9.07. The van der Waals surface area contributed by atoms with Gasteiger partial charge in [0.05, 0.1) is 15.9 Å². The third kappa shape index (κ3) is 3.33. The highest BCUT2D eigenvalue weighted by molar-refractivity contribution is 7.89. The van der Waals surface area contributed by atoms with Crippen molar-refractivity contribution in [3.8, 4) is 0 Å². The van der Waals surface area contributed by atoms with Crippen LogP contribution in [0, 0.1) is 24.0 Å². The topological polar surface area (TPSA) is 101 Å². The van der Waals surface area contributed by atoms with Crippen LogP contribution < -0.4 is 0 Å². The van der Waals surface area contributed by atoms with Gasteiger partial charge in [0, 0.05) is 25.2 Å². The van der Waals surface area contributed by atoms with Crippen LogP contribution in [-0.4, -0.2) is 42.4 Å². The third-order valence-electron chi connectivity index (χ3n) is 3.04. The number of nitro groups is 1. The van der Waals surface area contributed by atoms with Gasteiger partial charge in [-0.2, -0.15) is 4.31 Å². The summed E-state index contributed by atoms with van der Waals surface area (Å²) >= 11 is 0. The van der Waals surface area contributed by atoms with Crippen molar-refractivity contribution >= 4 is 15.7 Å². The van der Waals surface area contributed by atoms with Crippen LogP contribution in [-0.2, 0) is 10.0 Å². The van der Waals surface area contributed by atoms with Crippen LogP contribution in [0.25, 0.3) is 0 Å². The van der Waals surface area contributed by atoms with Crippen LogP contribution in [0.1, 0.15) is 18.1 Å². The molecule has 1 rings (SSSR count). The van der Waals surface area contributed by atoms with E-state index in [2.05, 4.69) is 0 Å².